The number of nitrogens with zero attached hydrogens (tertiary/aromatic N) is 2. The van der Waals surface area contributed by atoms with Crippen molar-refractivity contribution in [3.05, 3.63) is 35.6 Å². The quantitative estimate of drug-likeness (QED) is 0.389. The smallest absolute Gasteiger partial charge is 0.191 e. The fourth-order valence-corrected chi connectivity index (χ4v) is 3.46. The van der Waals surface area contributed by atoms with Crippen molar-refractivity contribution in [3.63, 3.8) is 0 Å². The molecule has 0 amide bonds. The van der Waals surface area contributed by atoms with Gasteiger partial charge in [0, 0.05) is 25.0 Å². The van der Waals surface area contributed by atoms with E-state index < -0.39 is 0 Å². The lowest BCUT2D eigenvalue weighted by molar-refractivity contribution is 0.235. The van der Waals surface area contributed by atoms with E-state index in [1.54, 1.807) is 12.1 Å². The molecule has 0 bridgehead atoms. The molecule has 2 atom stereocenters. The topological polar surface area (TPSA) is 39.7 Å². The zero-order valence-electron chi connectivity index (χ0n) is 15.0. The molecule has 1 aromatic carbocycles. The molecule has 2 aliphatic rings. The standard InChI is InChI=1S/C19H29FN4.HI/c1-2-21-19(22-10-13-24-11-6-3-7-12-24)23-18-14-16(18)15-8-4-5-9-17(15)20;/h4-5,8-9,16,18H,2-3,6-7,10-14H2,1H3,(H2,21,22,23);1H. The van der Waals surface area contributed by atoms with Crippen LogP contribution in [-0.4, -0.2) is 49.6 Å². The predicted molar refractivity (Wildman–Crippen MR) is 112 cm³/mol. The van der Waals surface area contributed by atoms with Crippen molar-refractivity contribution in [2.75, 3.05) is 32.7 Å². The highest BCUT2D eigenvalue weighted by molar-refractivity contribution is 14.0. The highest BCUT2D eigenvalue weighted by Crippen LogP contribution is 2.41. The van der Waals surface area contributed by atoms with E-state index in [-0.39, 0.29) is 41.8 Å². The first-order valence-electron chi connectivity index (χ1n) is 9.29. The van der Waals surface area contributed by atoms with Crippen LogP contribution < -0.4 is 10.6 Å². The van der Waals surface area contributed by atoms with Gasteiger partial charge >= 0.3 is 0 Å². The summed E-state index contributed by atoms with van der Waals surface area (Å²) in [5.74, 6) is 1.02. The normalized spacial score (nSPS) is 23.7. The Kier molecular flexibility index (Phi) is 8.42. The van der Waals surface area contributed by atoms with E-state index in [4.69, 9.17) is 4.99 Å². The lowest BCUT2D eigenvalue weighted by Crippen LogP contribution is -2.40. The monoisotopic (exact) mass is 460 g/mol. The molecule has 0 radical (unpaired) electrons. The molecule has 1 saturated heterocycles. The largest absolute Gasteiger partial charge is 0.357 e. The molecule has 1 aromatic rings. The maximum absolute atomic E-state index is 13.9. The number of rotatable bonds is 6. The van der Waals surface area contributed by atoms with Gasteiger partial charge in [-0.15, -0.1) is 24.0 Å². The van der Waals surface area contributed by atoms with Gasteiger partial charge in [0.25, 0.3) is 0 Å². The molecule has 25 heavy (non-hydrogen) atoms. The molecule has 2 fully saturated rings. The number of likely N-dealkylation sites (tertiary alicyclic amines) is 1. The molecule has 1 saturated carbocycles. The van der Waals surface area contributed by atoms with Gasteiger partial charge in [-0.1, -0.05) is 24.6 Å². The first-order chi connectivity index (χ1) is 11.8. The van der Waals surface area contributed by atoms with Crippen LogP contribution in [0.15, 0.2) is 29.3 Å². The molecule has 4 nitrogen and oxygen atoms in total. The Bertz CT molecular complexity index is 560. The van der Waals surface area contributed by atoms with Gasteiger partial charge in [0.05, 0.1) is 6.54 Å². The van der Waals surface area contributed by atoms with Gasteiger partial charge in [0.2, 0.25) is 0 Å². The van der Waals surface area contributed by atoms with Gasteiger partial charge in [0.15, 0.2) is 5.96 Å². The number of benzene rings is 1. The van der Waals surface area contributed by atoms with E-state index in [1.807, 2.05) is 12.1 Å². The Morgan fingerprint density at radius 3 is 2.72 bits per heavy atom. The molecule has 0 aromatic heterocycles. The van der Waals surface area contributed by atoms with Crippen LogP contribution in [0.3, 0.4) is 0 Å². The van der Waals surface area contributed by atoms with Crippen molar-refractivity contribution in [1.82, 2.24) is 15.5 Å². The Morgan fingerprint density at radius 2 is 2.00 bits per heavy atom. The van der Waals surface area contributed by atoms with Gasteiger partial charge in [-0.3, -0.25) is 4.99 Å². The second-order valence-electron chi connectivity index (χ2n) is 6.78. The second-order valence-corrected chi connectivity index (χ2v) is 6.78. The maximum Gasteiger partial charge on any atom is 0.191 e. The molecule has 3 rings (SSSR count). The Morgan fingerprint density at radius 1 is 1.24 bits per heavy atom. The summed E-state index contributed by atoms with van der Waals surface area (Å²) in [6.07, 6.45) is 4.96. The molecule has 6 heteroatoms. The number of hydrogen-bond donors (Lipinski definition) is 2. The van der Waals surface area contributed by atoms with E-state index in [2.05, 4.69) is 22.5 Å². The lowest BCUT2D eigenvalue weighted by atomic mass is 10.1. The van der Waals surface area contributed by atoms with Crippen molar-refractivity contribution in [2.45, 2.75) is 44.6 Å². The van der Waals surface area contributed by atoms with Crippen LogP contribution in [0.5, 0.6) is 0 Å². The third-order valence-corrected chi connectivity index (χ3v) is 4.90. The van der Waals surface area contributed by atoms with E-state index in [1.165, 1.54) is 32.4 Å². The summed E-state index contributed by atoms with van der Waals surface area (Å²) < 4.78 is 13.9. The van der Waals surface area contributed by atoms with Crippen LogP contribution in [0.25, 0.3) is 0 Å². The average molecular weight is 460 g/mol. The molecule has 1 heterocycles. The van der Waals surface area contributed by atoms with Gasteiger partial charge in [0.1, 0.15) is 5.82 Å². The van der Waals surface area contributed by atoms with Crippen LogP contribution in [0, 0.1) is 5.82 Å². The number of halogens is 2. The predicted octanol–water partition coefficient (Wildman–Crippen LogP) is 3.34. The molecular formula is C19H30FIN4. The maximum atomic E-state index is 13.9. The van der Waals surface area contributed by atoms with Crippen LogP contribution >= 0.6 is 24.0 Å². The fraction of sp³-hybridized carbons (Fsp3) is 0.632. The van der Waals surface area contributed by atoms with Crippen LogP contribution in [0.2, 0.25) is 0 Å². The molecule has 2 N–H and O–H groups in total. The highest BCUT2D eigenvalue weighted by Gasteiger charge is 2.40. The van der Waals surface area contributed by atoms with Gasteiger partial charge in [-0.25, -0.2) is 4.39 Å². The number of aliphatic imine (C=N–C) groups is 1. The Labute approximate surface area is 167 Å². The Balaban J connectivity index is 0.00000225. The molecule has 1 aliphatic heterocycles. The van der Waals surface area contributed by atoms with Crippen molar-refractivity contribution in [3.8, 4) is 0 Å². The number of hydrogen-bond acceptors (Lipinski definition) is 2. The SMILES string of the molecule is CCNC(=NCCN1CCCCC1)NC1CC1c1ccccc1F.I. The Hall–Kier alpha value is -0.890. The van der Waals surface area contributed by atoms with Crippen molar-refractivity contribution in [1.29, 1.82) is 0 Å². The minimum atomic E-state index is -0.0983. The van der Waals surface area contributed by atoms with Crippen LogP contribution in [-0.2, 0) is 0 Å². The van der Waals surface area contributed by atoms with E-state index in [0.717, 1.165) is 37.6 Å². The van der Waals surface area contributed by atoms with E-state index in [9.17, 15) is 4.39 Å². The summed E-state index contributed by atoms with van der Waals surface area (Å²) in [6.45, 7) is 7.16. The second kappa shape index (κ2) is 10.3. The highest BCUT2D eigenvalue weighted by atomic mass is 127. The van der Waals surface area contributed by atoms with Crippen LogP contribution in [0.1, 0.15) is 44.1 Å². The molecule has 140 valence electrons. The summed E-state index contributed by atoms with van der Waals surface area (Å²) in [4.78, 5) is 7.19. The summed E-state index contributed by atoms with van der Waals surface area (Å²) in [7, 11) is 0. The zero-order valence-corrected chi connectivity index (χ0v) is 17.3. The summed E-state index contributed by atoms with van der Waals surface area (Å²) in [5, 5.41) is 6.76. The summed E-state index contributed by atoms with van der Waals surface area (Å²) in [5.41, 5.74) is 0.819. The van der Waals surface area contributed by atoms with Crippen molar-refractivity contribution < 1.29 is 4.39 Å². The van der Waals surface area contributed by atoms with Gasteiger partial charge in [-0.2, -0.15) is 0 Å². The minimum absolute atomic E-state index is 0. The van der Waals surface area contributed by atoms with Crippen molar-refractivity contribution in [2.24, 2.45) is 4.99 Å². The fourth-order valence-electron chi connectivity index (χ4n) is 3.46. The molecule has 0 spiro atoms. The third-order valence-electron chi connectivity index (χ3n) is 4.90. The average Bonchev–Trinajstić information content (AvgIpc) is 3.35. The lowest BCUT2D eigenvalue weighted by Gasteiger charge is -2.25. The summed E-state index contributed by atoms with van der Waals surface area (Å²) in [6, 6.07) is 7.38. The summed E-state index contributed by atoms with van der Waals surface area (Å²) >= 11 is 0. The molecule has 2 unspecified atom stereocenters. The van der Waals surface area contributed by atoms with E-state index in [0.29, 0.717) is 0 Å². The first-order valence-corrected chi connectivity index (χ1v) is 9.29. The van der Waals surface area contributed by atoms with Crippen molar-refractivity contribution >= 4 is 29.9 Å². The van der Waals surface area contributed by atoms with Gasteiger partial charge in [-0.05, 0) is 50.9 Å². The number of piperidine rings is 1. The van der Waals surface area contributed by atoms with Crippen LogP contribution in [0.4, 0.5) is 4.39 Å². The molecule has 1 aliphatic carbocycles. The third kappa shape index (κ3) is 6.09. The minimum Gasteiger partial charge on any atom is -0.357 e. The molecular weight excluding hydrogens is 430 g/mol. The first kappa shape index (κ1) is 20.4. The number of guanidine groups is 1. The zero-order chi connectivity index (χ0) is 16.8. The van der Waals surface area contributed by atoms with Gasteiger partial charge < -0.3 is 15.5 Å². The number of nitrogens with one attached hydrogen (secondary N) is 2. The van der Waals surface area contributed by atoms with E-state index >= 15 is 0 Å².